The van der Waals surface area contributed by atoms with Gasteiger partial charge in [-0.1, -0.05) is 0 Å². The Morgan fingerprint density at radius 2 is 2.29 bits per heavy atom. The Labute approximate surface area is 85.3 Å². The molecule has 1 rings (SSSR count). The summed E-state index contributed by atoms with van der Waals surface area (Å²) < 4.78 is 0. The van der Waals surface area contributed by atoms with Crippen LogP contribution in [0.3, 0.4) is 0 Å². The van der Waals surface area contributed by atoms with Gasteiger partial charge in [0.2, 0.25) is 5.91 Å². The summed E-state index contributed by atoms with van der Waals surface area (Å²) in [5, 5.41) is 12.3. The number of rotatable bonds is 3. The van der Waals surface area contributed by atoms with E-state index in [1.165, 1.54) is 0 Å². The van der Waals surface area contributed by atoms with Crippen LogP contribution in [0, 0.1) is 0 Å². The number of amides is 1. The molecule has 1 fully saturated rings. The van der Waals surface area contributed by atoms with Crippen molar-refractivity contribution >= 4 is 5.91 Å². The first-order chi connectivity index (χ1) is 6.56. The first-order valence-corrected chi connectivity index (χ1v) is 5.28. The molecule has 1 saturated heterocycles. The number of likely N-dealkylation sites (N-methyl/N-ethyl adjacent to an activating group) is 1. The van der Waals surface area contributed by atoms with E-state index in [-0.39, 0.29) is 24.1 Å². The van der Waals surface area contributed by atoms with Crippen LogP contribution in [0.1, 0.15) is 27.2 Å². The molecule has 0 aromatic heterocycles. The fourth-order valence-electron chi connectivity index (χ4n) is 1.88. The van der Waals surface area contributed by atoms with Crippen LogP contribution >= 0.6 is 0 Å². The van der Waals surface area contributed by atoms with Gasteiger partial charge in [0.25, 0.3) is 0 Å². The average molecular weight is 200 g/mol. The van der Waals surface area contributed by atoms with Gasteiger partial charge >= 0.3 is 0 Å². The summed E-state index contributed by atoms with van der Waals surface area (Å²) in [6.07, 6.45) is 0.178. The number of carbonyl (C=O) groups is 1. The zero-order chi connectivity index (χ0) is 10.7. The molecule has 4 heteroatoms. The van der Waals surface area contributed by atoms with Gasteiger partial charge in [0.05, 0.1) is 12.1 Å². The highest BCUT2D eigenvalue weighted by Gasteiger charge is 2.31. The maximum atomic E-state index is 11.9. The summed E-state index contributed by atoms with van der Waals surface area (Å²) in [5.74, 6) is 0.110. The topological polar surface area (TPSA) is 52.6 Å². The highest BCUT2D eigenvalue weighted by atomic mass is 16.3. The molecule has 1 aliphatic rings. The fraction of sp³-hybridized carbons (Fsp3) is 0.900. The third kappa shape index (κ3) is 2.45. The lowest BCUT2D eigenvalue weighted by Crippen LogP contribution is -2.46. The average Bonchev–Trinajstić information content (AvgIpc) is 2.52. The summed E-state index contributed by atoms with van der Waals surface area (Å²) in [6.45, 7) is 7.25. The minimum Gasteiger partial charge on any atom is -0.392 e. The molecule has 1 heterocycles. The third-order valence-electron chi connectivity index (χ3n) is 2.65. The van der Waals surface area contributed by atoms with E-state index >= 15 is 0 Å². The van der Waals surface area contributed by atoms with Gasteiger partial charge in [-0.2, -0.15) is 0 Å². The van der Waals surface area contributed by atoms with Gasteiger partial charge < -0.3 is 15.3 Å². The van der Waals surface area contributed by atoms with Crippen molar-refractivity contribution in [2.24, 2.45) is 0 Å². The van der Waals surface area contributed by atoms with Crippen LogP contribution in [0.5, 0.6) is 0 Å². The molecule has 2 unspecified atom stereocenters. The third-order valence-corrected chi connectivity index (χ3v) is 2.65. The van der Waals surface area contributed by atoms with E-state index in [9.17, 15) is 9.90 Å². The van der Waals surface area contributed by atoms with Crippen LogP contribution in [0.25, 0.3) is 0 Å². The van der Waals surface area contributed by atoms with Gasteiger partial charge in [0.15, 0.2) is 0 Å². The Morgan fingerprint density at radius 3 is 2.64 bits per heavy atom. The Balaban J connectivity index is 2.55. The summed E-state index contributed by atoms with van der Waals surface area (Å²) in [7, 11) is 0. The predicted molar refractivity (Wildman–Crippen MR) is 54.9 cm³/mol. The standard InChI is InChI=1S/C10H20N2O2/c1-4-12(7(2)3)10(14)9-5-8(13)6-11-9/h7-9,11,13H,4-6H2,1-3H3. The Kier molecular flexibility index (Phi) is 3.89. The minimum absolute atomic E-state index is 0.110. The summed E-state index contributed by atoms with van der Waals surface area (Å²) in [4.78, 5) is 13.7. The second kappa shape index (κ2) is 4.75. The van der Waals surface area contributed by atoms with Crippen molar-refractivity contribution in [3.63, 3.8) is 0 Å². The highest BCUT2D eigenvalue weighted by Crippen LogP contribution is 2.11. The lowest BCUT2D eigenvalue weighted by Gasteiger charge is -2.27. The van der Waals surface area contributed by atoms with Crippen LogP contribution < -0.4 is 5.32 Å². The van der Waals surface area contributed by atoms with Crippen molar-refractivity contribution in [1.82, 2.24) is 10.2 Å². The number of carbonyl (C=O) groups excluding carboxylic acids is 1. The Hall–Kier alpha value is -0.610. The summed E-state index contributed by atoms with van der Waals surface area (Å²) in [5.41, 5.74) is 0. The molecule has 0 radical (unpaired) electrons. The van der Waals surface area contributed by atoms with E-state index in [1.54, 1.807) is 0 Å². The SMILES string of the molecule is CCN(C(=O)C1CC(O)CN1)C(C)C. The van der Waals surface area contributed by atoms with Crippen molar-refractivity contribution < 1.29 is 9.90 Å². The molecule has 0 aliphatic carbocycles. The smallest absolute Gasteiger partial charge is 0.240 e. The molecule has 0 aromatic rings. The number of hydrogen-bond donors (Lipinski definition) is 2. The van der Waals surface area contributed by atoms with E-state index in [0.717, 1.165) is 6.54 Å². The molecule has 2 N–H and O–H groups in total. The van der Waals surface area contributed by atoms with Crippen LogP contribution in [-0.4, -0.2) is 47.2 Å². The fourth-order valence-corrected chi connectivity index (χ4v) is 1.88. The van der Waals surface area contributed by atoms with Crippen molar-refractivity contribution in [2.75, 3.05) is 13.1 Å². The quantitative estimate of drug-likeness (QED) is 0.672. The largest absolute Gasteiger partial charge is 0.392 e. The van der Waals surface area contributed by atoms with Gasteiger partial charge in [0.1, 0.15) is 0 Å². The Morgan fingerprint density at radius 1 is 1.64 bits per heavy atom. The summed E-state index contributed by atoms with van der Waals surface area (Å²) in [6, 6.07) is 0.0411. The molecule has 0 saturated carbocycles. The number of hydrogen-bond acceptors (Lipinski definition) is 3. The van der Waals surface area contributed by atoms with Crippen molar-refractivity contribution in [3.8, 4) is 0 Å². The second-order valence-electron chi connectivity index (χ2n) is 4.07. The molecule has 82 valence electrons. The van der Waals surface area contributed by atoms with Gasteiger partial charge in [-0.05, 0) is 27.2 Å². The molecule has 1 aliphatic heterocycles. The zero-order valence-corrected chi connectivity index (χ0v) is 9.16. The molecule has 0 aromatic carbocycles. The first kappa shape index (κ1) is 11.5. The van der Waals surface area contributed by atoms with Crippen LogP contribution in [0.2, 0.25) is 0 Å². The Bertz CT molecular complexity index is 206. The monoisotopic (exact) mass is 200 g/mol. The van der Waals surface area contributed by atoms with E-state index in [0.29, 0.717) is 13.0 Å². The molecule has 0 spiro atoms. The van der Waals surface area contributed by atoms with Crippen LogP contribution in [0.4, 0.5) is 0 Å². The first-order valence-electron chi connectivity index (χ1n) is 5.28. The maximum absolute atomic E-state index is 11.9. The molecule has 4 nitrogen and oxygen atoms in total. The van der Waals surface area contributed by atoms with Crippen LogP contribution in [-0.2, 0) is 4.79 Å². The molecule has 2 atom stereocenters. The molecule has 0 bridgehead atoms. The minimum atomic E-state index is -0.366. The molecular formula is C10H20N2O2. The van der Waals surface area contributed by atoms with Crippen molar-refractivity contribution in [2.45, 2.75) is 45.4 Å². The normalized spacial score (nSPS) is 26.9. The number of nitrogens with one attached hydrogen (secondary N) is 1. The van der Waals surface area contributed by atoms with E-state index in [2.05, 4.69) is 5.32 Å². The second-order valence-corrected chi connectivity index (χ2v) is 4.07. The van der Waals surface area contributed by atoms with Gasteiger partial charge in [-0.15, -0.1) is 0 Å². The van der Waals surface area contributed by atoms with Crippen molar-refractivity contribution in [3.05, 3.63) is 0 Å². The number of β-amino-alcohol motifs (C(OH)–C–C–N with tert-alkyl or cyclic N) is 1. The number of aliphatic hydroxyl groups excluding tert-OH is 1. The van der Waals surface area contributed by atoms with E-state index in [1.807, 2.05) is 25.7 Å². The van der Waals surface area contributed by atoms with E-state index < -0.39 is 0 Å². The summed E-state index contributed by atoms with van der Waals surface area (Å²) >= 11 is 0. The van der Waals surface area contributed by atoms with Crippen molar-refractivity contribution in [1.29, 1.82) is 0 Å². The number of nitrogens with zero attached hydrogens (tertiary/aromatic N) is 1. The highest BCUT2D eigenvalue weighted by molar-refractivity contribution is 5.82. The van der Waals surface area contributed by atoms with Gasteiger partial charge in [-0.25, -0.2) is 0 Å². The van der Waals surface area contributed by atoms with E-state index in [4.69, 9.17) is 0 Å². The molecule has 1 amide bonds. The maximum Gasteiger partial charge on any atom is 0.240 e. The van der Waals surface area contributed by atoms with Gasteiger partial charge in [0, 0.05) is 19.1 Å². The lowest BCUT2D eigenvalue weighted by atomic mass is 10.1. The lowest BCUT2D eigenvalue weighted by molar-refractivity contribution is -0.134. The van der Waals surface area contributed by atoms with Crippen LogP contribution in [0.15, 0.2) is 0 Å². The number of aliphatic hydroxyl groups is 1. The molecular weight excluding hydrogens is 180 g/mol. The molecule has 14 heavy (non-hydrogen) atoms. The zero-order valence-electron chi connectivity index (χ0n) is 9.16. The predicted octanol–water partition coefficient (Wildman–Crippen LogP) is -0.0339. The van der Waals surface area contributed by atoms with Gasteiger partial charge in [-0.3, -0.25) is 4.79 Å².